The highest BCUT2D eigenvalue weighted by Crippen LogP contribution is 2.34. The Morgan fingerprint density at radius 3 is 2.61 bits per heavy atom. The summed E-state index contributed by atoms with van der Waals surface area (Å²) >= 11 is 6.33. The van der Waals surface area contributed by atoms with Crippen LogP contribution in [0.15, 0.2) is 60.8 Å². The molecular weight excluding hydrogens is 427 g/mol. The van der Waals surface area contributed by atoms with Gasteiger partial charge in [-0.3, -0.25) is 0 Å². The zero-order valence-corrected chi connectivity index (χ0v) is 17.3. The number of benzene rings is 2. The second kappa shape index (κ2) is 8.77. The Balaban J connectivity index is 1.47. The molecule has 0 spiro atoms. The van der Waals surface area contributed by atoms with Crippen molar-refractivity contribution < 1.29 is 17.9 Å². The van der Waals surface area contributed by atoms with Gasteiger partial charge in [-0.05, 0) is 35.4 Å². The van der Waals surface area contributed by atoms with Crippen molar-refractivity contribution >= 4 is 17.3 Å². The zero-order chi connectivity index (χ0) is 22.0. The van der Waals surface area contributed by atoms with E-state index in [1.54, 1.807) is 0 Å². The average Bonchev–Trinajstić information content (AvgIpc) is 3.21. The molecule has 1 aromatic heterocycles. The molecule has 2 aromatic carbocycles. The molecule has 0 aliphatic carbocycles. The van der Waals surface area contributed by atoms with Gasteiger partial charge in [-0.1, -0.05) is 35.9 Å². The molecule has 1 aliphatic heterocycles. The molecular formula is C23H21ClF3N3O. The Bertz CT molecular complexity index is 1060. The molecule has 0 radical (unpaired) electrons. The molecule has 0 saturated carbocycles. The standard InChI is InChI=1S/C23H21ClF3N3O/c24-20-4-2-1-3-19(20)15-5-7-21(16(11-15)12-28)30-10-9-18(14-30)31-22-8-6-17(13-29-22)23(25,26)27/h1-8,11,13,18H,9-10,12,14,28H2. The lowest BCUT2D eigenvalue weighted by atomic mass is 10.0. The second-order valence-electron chi connectivity index (χ2n) is 7.38. The summed E-state index contributed by atoms with van der Waals surface area (Å²) in [6.45, 7) is 1.72. The van der Waals surface area contributed by atoms with Crippen LogP contribution in [0.5, 0.6) is 5.88 Å². The largest absolute Gasteiger partial charge is 0.472 e. The first kappa shape index (κ1) is 21.5. The van der Waals surface area contributed by atoms with E-state index in [2.05, 4.69) is 9.88 Å². The average molecular weight is 448 g/mol. The van der Waals surface area contributed by atoms with E-state index in [1.807, 2.05) is 42.5 Å². The highest BCUT2D eigenvalue weighted by molar-refractivity contribution is 6.33. The Hall–Kier alpha value is -2.77. The second-order valence-corrected chi connectivity index (χ2v) is 7.79. The van der Waals surface area contributed by atoms with Gasteiger partial charge in [-0.15, -0.1) is 0 Å². The van der Waals surface area contributed by atoms with Gasteiger partial charge in [0.05, 0.1) is 12.1 Å². The van der Waals surface area contributed by atoms with Gasteiger partial charge in [-0.25, -0.2) is 4.98 Å². The molecule has 4 rings (SSSR count). The van der Waals surface area contributed by atoms with Gasteiger partial charge in [0.15, 0.2) is 0 Å². The number of alkyl halides is 3. The van der Waals surface area contributed by atoms with Crippen molar-refractivity contribution in [3.63, 3.8) is 0 Å². The zero-order valence-electron chi connectivity index (χ0n) is 16.6. The van der Waals surface area contributed by atoms with E-state index in [4.69, 9.17) is 22.1 Å². The monoisotopic (exact) mass is 447 g/mol. The molecule has 0 bridgehead atoms. The van der Waals surface area contributed by atoms with Crippen molar-refractivity contribution in [2.75, 3.05) is 18.0 Å². The Labute approximate surface area is 183 Å². The molecule has 8 heteroatoms. The van der Waals surface area contributed by atoms with Gasteiger partial charge >= 0.3 is 6.18 Å². The van der Waals surface area contributed by atoms with Gasteiger partial charge in [0.1, 0.15) is 6.10 Å². The van der Waals surface area contributed by atoms with Crippen LogP contribution in [0.25, 0.3) is 11.1 Å². The van der Waals surface area contributed by atoms with Crippen LogP contribution in [-0.2, 0) is 12.7 Å². The summed E-state index contributed by atoms with van der Waals surface area (Å²) in [6, 6.07) is 16.0. The summed E-state index contributed by atoms with van der Waals surface area (Å²) in [6.07, 6.45) is -3.05. The predicted octanol–water partition coefficient (Wildman–Crippen LogP) is 5.54. The molecule has 1 saturated heterocycles. The molecule has 2 N–H and O–H groups in total. The Kier molecular flexibility index (Phi) is 6.07. The highest BCUT2D eigenvalue weighted by atomic mass is 35.5. The molecule has 162 valence electrons. The van der Waals surface area contributed by atoms with Crippen LogP contribution in [0.3, 0.4) is 0 Å². The number of rotatable bonds is 5. The van der Waals surface area contributed by atoms with E-state index in [0.29, 0.717) is 18.1 Å². The van der Waals surface area contributed by atoms with Crippen LogP contribution >= 0.6 is 11.6 Å². The molecule has 1 aliphatic rings. The normalized spacial score (nSPS) is 16.5. The molecule has 1 atom stereocenters. The fourth-order valence-corrected chi connectivity index (χ4v) is 4.00. The maximum Gasteiger partial charge on any atom is 0.417 e. The number of anilines is 1. The maximum absolute atomic E-state index is 12.7. The van der Waals surface area contributed by atoms with E-state index < -0.39 is 11.7 Å². The van der Waals surface area contributed by atoms with E-state index in [0.717, 1.165) is 47.6 Å². The van der Waals surface area contributed by atoms with Crippen molar-refractivity contribution in [1.82, 2.24) is 4.98 Å². The van der Waals surface area contributed by atoms with Crippen LogP contribution in [0, 0.1) is 0 Å². The van der Waals surface area contributed by atoms with Crippen molar-refractivity contribution in [2.45, 2.75) is 25.2 Å². The number of nitrogens with two attached hydrogens (primary N) is 1. The van der Waals surface area contributed by atoms with Gasteiger partial charge in [0.25, 0.3) is 0 Å². The van der Waals surface area contributed by atoms with Crippen molar-refractivity contribution in [2.24, 2.45) is 5.73 Å². The number of hydrogen-bond donors (Lipinski definition) is 1. The first-order valence-electron chi connectivity index (χ1n) is 9.88. The van der Waals surface area contributed by atoms with Gasteiger partial charge < -0.3 is 15.4 Å². The summed E-state index contributed by atoms with van der Waals surface area (Å²) in [5.41, 5.74) is 9.18. The smallest absolute Gasteiger partial charge is 0.417 e. The summed E-state index contributed by atoms with van der Waals surface area (Å²) in [5.74, 6) is 0.188. The third kappa shape index (κ3) is 4.78. The van der Waals surface area contributed by atoms with Crippen LogP contribution in [0.1, 0.15) is 17.5 Å². The lowest BCUT2D eigenvalue weighted by Gasteiger charge is -2.22. The van der Waals surface area contributed by atoms with Crippen LogP contribution < -0.4 is 15.4 Å². The number of halogens is 4. The highest BCUT2D eigenvalue weighted by Gasteiger charge is 2.31. The number of hydrogen-bond acceptors (Lipinski definition) is 4. The fourth-order valence-electron chi connectivity index (χ4n) is 3.75. The lowest BCUT2D eigenvalue weighted by Crippen LogP contribution is -2.26. The number of pyridine rings is 1. The van der Waals surface area contributed by atoms with Gasteiger partial charge in [0, 0.05) is 48.0 Å². The predicted molar refractivity (Wildman–Crippen MR) is 115 cm³/mol. The maximum atomic E-state index is 12.7. The quantitative estimate of drug-likeness (QED) is 0.558. The molecule has 31 heavy (non-hydrogen) atoms. The summed E-state index contributed by atoms with van der Waals surface area (Å²) in [7, 11) is 0. The van der Waals surface area contributed by atoms with Crippen molar-refractivity contribution in [1.29, 1.82) is 0 Å². The van der Waals surface area contributed by atoms with Crippen molar-refractivity contribution in [3.8, 4) is 17.0 Å². The topological polar surface area (TPSA) is 51.4 Å². The lowest BCUT2D eigenvalue weighted by molar-refractivity contribution is -0.137. The SMILES string of the molecule is NCc1cc(-c2ccccc2Cl)ccc1N1CCC(Oc2ccc(C(F)(F)F)cn2)C1. The molecule has 3 aromatic rings. The minimum absolute atomic E-state index is 0.168. The minimum atomic E-state index is -4.41. The minimum Gasteiger partial charge on any atom is -0.472 e. The molecule has 0 amide bonds. The van der Waals surface area contributed by atoms with Crippen LogP contribution in [-0.4, -0.2) is 24.2 Å². The fraction of sp³-hybridized carbons (Fsp3) is 0.261. The van der Waals surface area contributed by atoms with E-state index >= 15 is 0 Å². The summed E-state index contributed by atoms with van der Waals surface area (Å²) in [5, 5.41) is 0.678. The van der Waals surface area contributed by atoms with Gasteiger partial charge in [0.2, 0.25) is 5.88 Å². The number of nitrogens with zero attached hydrogens (tertiary/aromatic N) is 2. The van der Waals surface area contributed by atoms with Gasteiger partial charge in [-0.2, -0.15) is 13.2 Å². The molecule has 1 fully saturated rings. The Morgan fingerprint density at radius 1 is 1.13 bits per heavy atom. The summed E-state index contributed by atoms with van der Waals surface area (Å²) in [4.78, 5) is 5.97. The third-order valence-electron chi connectivity index (χ3n) is 5.32. The molecule has 4 nitrogen and oxygen atoms in total. The summed E-state index contributed by atoms with van der Waals surface area (Å²) < 4.78 is 43.9. The molecule has 1 unspecified atom stereocenters. The Morgan fingerprint density at radius 2 is 1.94 bits per heavy atom. The first-order chi connectivity index (χ1) is 14.8. The number of ether oxygens (including phenoxy) is 1. The van der Waals surface area contributed by atoms with E-state index in [-0.39, 0.29) is 12.0 Å². The number of aromatic nitrogens is 1. The van der Waals surface area contributed by atoms with E-state index in [9.17, 15) is 13.2 Å². The van der Waals surface area contributed by atoms with Crippen molar-refractivity contribution in [3.05, 3.63) is 76.9 Å². The van der Waals surface area contributed by atoms with E-state index in [1.165, 1.54) is 6.07 Å². The first-order valence-corrected chi connectivity index (χ1v) is 10.3. The molecule has 2 heterocycles. The third-order valence-corrected chi connectivity index (χ3v) is 5.65. The van der Waals surface area contributed by atoms with Crippen LogP contribution in [0.2, 0.25) is 5.02 Å². The van der Waals surface area contributed by atoms with Crippen LogP contribution in [0.4, 0.5) is 18.9 Å².